The van der Waals surface area contributed by atoms with Crippen molar-refractivity contribution >= 4 is 0 Å². The molecule has 4 nitrogen and oxygen atoms in total. The van der Waals surface area contributed by atoms with Crippen molar-refractivity contribution in [2.45, 2.75) is 31.8 Å². The van der Waals surface area contributed by atoms with Gasteiger partial charge in [0.15, 0.2) is 5.82 Å². The van der Waals surface area contributed by atoms with Crippen molar-refractivity contribution in [1.29, 1.82) is 0 Å². The van der Waals surface area contributed by atoms with Gasteiger partial charge in [-0.1, -0.05) is 30.3 Å². The predicted octanol–water partition coefficient (Wildman–Crippen LogP) is 1.66. The van der Waals surface area contributed by atoms with E-state index in [0.717, 1.165) is 30.2 Å². The van der Waals surface area contributed by atoms with Crippen molar-refractivity contribution < 1.29 is 0 Å². The minimum atomic E-state index is -0.171. The maximum Gasteiger partial charge on any atom is 0.154 e. The summed E-state index contributed by atoms with van der Waals surface area (Å²) in [6.45, 7) is 0.998. The summed E-state index contributed by atoms with van der Waals surface area (Å²) in [5, 5.41) is 8.50. The van der Waals surface area contributed by atoms with Crippen molar-refractivity contribution in [2.24, 2.45) is 5.73 Å². The highest BCUT2D eigenvalue weighted by molar-refractivity contribution is 5.24. The summed E-state index contributed by atoms with van der Waals surface area (Å²) in [6.07, 6.45) is 3.42. The third kappa shape index (κ3) is 1.85. The fourth-order valence-corrected chi connectivity index (χ4v) is 2.37. The molecule has 4 heteroatoms. The van der Waals surface area contributed by atoms with Crippen LogP contribution in [0.1, 0.15) is 36.1 Å². The zero-order valence-corrected chi connectivity index (χ0v) is 9.71. The quantitative estimate of drug-likeness (QED) is 0.850. The summed E-state index contributed by atoms with van der Waals surface area (Å²) in [6, 6.07) is 9.90. The third-order valence-electron chi connectivity index (χ3n) is 3.32. The lowest BCUT2D eigenvalue weighted by Gasteiger charge is -2.18. The number of hydrogen-bond acceptors (Lipinski definition) is 3. The van der Waals surface area contributed by atoms with Crippen molar-refractivity contribution in [1.82, 2.24) is 14.8 Å². The Kier molecular flexibility index (Phi) is 2.65. The molecule has 88 valence electrons. The molecule has 0 spiro atoms. The number of fused-ring (bicyclic) bond motifs is 1. The number of rotatable bonds is 2. The monoisotopic (exact) mass is 228 g/mol. The average Bonchev–Trinajstić information content (AvgIpc) is 2.83. The van der Waals surface area contributed by atoms with E-state index in [1.54, 1.807) is 0 Å². The van der Waals surface area contributed by atoms with E-state index in [1.807, 2.05) is 30.3 Å². The van der Waals surface area contributed by atoms with Crippen molar-refractivity contribution in [3.8, 4) is 0 Å². The van der Waals surface area contributed by atoms with Gasteiger partial charge in [0.1, 0.15) is 5.82 Å². The summed E-state index contributed by atoms with van der Waals surface area (Å²) in [5.74, 6) is 1.98. The van der Waals surface area contributed by atoms with E-state index in [2.05, 4.69) is 14.8 Å². The molecule has 1 unspecified atom stereocenters. The molecule has 3 rings (SSSR count). The highest BCUT2D eigenvalue weighted by atomic mass is 15.3. The average molecular weight is 228 g/mol. The molecule has 2 aromatic rings. The third-order valence-corrected chi connectivity index (χ3v) is 3.32. The Morgan fingerprint density at radius 1 is 1.12 bits per heavy atom. The second-order valence-electron chi connectivity index (χ2n) is 4.47. The molecule has 0 saturated heterocycles. The van der Waals surface area contributed by atoms with Gasteiger partial charge in [-0.05, 0) is 18.4 Å². The minimum Gasteiger partial charge on any atom is -0.318 e. The van der Waals surface area contributed by atoms with Gasteiger partial charge in [-0.3, -0.25) is 0 Å². The molecular weight excluding hydrogens is 212 g/mol. The van der Waals surface area contributed by atoms with Gasteiger partial charge in [-0.15, -0.1) is 10.2 Å². The van der Waals surface area contributed by atoms with E-state index in [1.165, 1.54) is 12.8 Å². The van der Waals surface area contributed by atoms with E-state index < -0.39 is 0 Å². The Bertz CT molecular complexity index is 503. The molecule has 1 atom stereocenters. The SMILES string of the molecule is NC(c1ccccc1)c1nnc2n1CCCC2. The van der Waals surface area contributed by atoms with Crippen LogP contribution in [0.4, 0.5) is 0 Å². The van der Waals surface area contributed by atoms with Crippen LogP contribution in [-0.4, -0.2) is 14.8 Å². The predicted molar refractivity (Wildman–Crippen MR) is 65.4 cm³/mol. The highest BCUT2D eigenvalue weighted by Crippen LogP contribution is 2.22. The summed E-state index contributed by atoms with van der Waals surface area (Å²) in [4.78, 5) is 0. The number of benzene rings is 1. The van der Waals surface area contributed by atoms with Crippen molar-refractivity contribution in [3.63, 3.8) is 0 Å². The molecule has 1 aromatic carbocycles. The van der Waals surface area contributed by atoms with Gasteiger partial charge in [-0.25, -0.2) is 0 Å². The summed E-state index contributed by atoms with van der Waals surface area (Å²) < 4.78 is 2.18. The molecule has 2 heterocycles. The molecule has 0 aliphatic carbocycles. The highest BCUT2D eigenvalue weighted by Gasteiger charge is 2.21. The molecule has 1 aliphatic rings. The minimum absolute atomic E-state index is 0.171. The van der Waals surface area contributed by atoms with Crippen LogP contribution >= 0.6 is 0 Å². The van der Waals surface area contributed by atoms with Crippen LogP contribution in [0.15, 0.2) is 30.3 Å². The second-order valence-corrected chi connectivity index (χ2v) is 4.47. The van der Waals surface area contributed by atoms with Gasteiger partial charge in [0.25, 0.3) is 0 Å². The van der Waals surface area contributed by atoms with Crippen molar-refractivity contribution in [2.75, 3.05) is 0 Å². The molecule has 0 bridgehead atoms. The van der Waals surface area contributed by atoms with Crippen LogP contribution in [0.2, 0.25) is 0 Å². The van der Waals surface area contributed by atoms with E-state index in [9.17, 15) is 0 Å². The first-order valence-electron chi connectivity index (χ1n) is 6.09. The number of nitrogens with zero attached hydrogens (tertiary/aromatic N) is 3. The van der Waals surface area contributed by atoms with Crippen LogP contribution in [-0.2, 0) is 13.0 Å². The summed E-state index contributed by atoms with van der Waals surface area (Å²) in [5.41, 5.74) is 7.35. The summed E-state index contributed by atoms with van der Waals surface area (Å²) >= 11 is 0. The molecule has 17 heavy (non-hydrogen) atoms. The molecule has 0 fully saturated rings. The van der Waals surface area contributed by atoms with Crippen LogP contribution in [0.25, 0.3) is 0 Å². The van der Waals surface area contributed by atoms with Crippen LogP contribution in [0, 0.1) is 0 Å². The molecule has 2 N–H and O–H groups in total. The fourth-order valence-electron chi connectivity index (χ4n) is 2.37. The van der Waals surface area contributed by atoms with E-state index in [0.29, 0.717) is 0 Å². The maximum atomic E-state index is 6.26. The number of nitrogens with two attached hydrogens (primary N) is 1. The topological polar surface area (TPSA) is 56.7 Å². The van der Waals surface area contributed by atoms with Gasteiger partial charge in [0, 0.05) is 13.0 Å². The second kappa shape index (κ2) is 4.30. The number of hydrogen-bond donors (Lipinski definition) is 1. The zero-order chi connectivity index (χ0) is 11.7. The first kappa shape index (κ1) is 10.5. The Labute approximate surface area is 100 Å². The maximum absolute atomic E-state index is 6.26. The lowest BCUT2D eigenvalue weighted by Crippen LogP contribution is -2.20. The Hall–Kier alpha value is -1.68. The van der Waals surface area contributed by atoms with Gasteiger partial charge < -0.3 is 10.3 Å². The van der Waals surface area contributed by atoms with Crippen LogP contribution < -0.4 is 5.73 Å². The first-order valence-corrected chi connectivity index (χ1v) is 6.09. The molecule has 0 amide bonds. The largest absolute Gasteiger partial charge is 0.318 e. The van der Waals surface area contributed by atoms with Crippen LogP contribution in [0.3, 0.4) is 0 Å². The Balaban J connectivity index is 1.97. The molecular formula is C13H16N4. The Morgan fingerprint density at radius 3 is 2.76 bits per heavy atom. The number of aryl methyl sites for hydroxylation is 1. The van der Waals surface area contributed by atoms with E-state index >= 15 is 0 Å². The van der Waals surface area contributed by atoms with Crippen molar-refractivity contribution in [3.05, 3.63) is 47.5 Å². The lowest BCUT2D eigenvalue weighted by atomic mass is 10.1. The first-order chi connectivity index (χ1) is 8.36. The van der Waals surface area contributed by atoms with Gasteiger partial charge in [-0.2, -0.15) is 0 Å². The molecule has 0 radical (unpaired) electrons. The lowest BCUT2D eigenvalue weighted by molar-refractivity contribution is 0.500. The van der Waals surface area contributed by atoms with Gasteiger partial charge in [0.2, 0.25) is 0 Å². The standard InChI is InChI=1S/C13H16N4/c14-12(10-6-2-1-3-7-10)13-16-15-11-8-4-5-9-17(11)13/h1-3,6-7,12H,4-5,8-9,14H2. The molecule has 1 aromatic heterocycles. The molecule has 1 aliphatic heterocycles. The fraction of sp³-hybridized carbons (Fsp3) is 0.385. The van der Waals surface area contributed by atoms with Gasteiger partial charge >= 0.3 is 0 Å². The smallest absolute Gasteiger partial charge is 0.154 e. The summed E-state index contributed by atoms with van der Waals surface area (Å²) in [7, 11) is 0. The normalized spacial score (nSPS) is 16.5. The Morgan fingerprint density at radius 2 is 1.94 bits per heavy atom. The molecule has 0 saturated carbocycles. The van der Waals surface area contributed by atoms with E-state index in [-0.39, 0.29) is 6.04 Å². The van der Waals surface area contributed by atoms with E-state index in [4.69, 9.17) is 5.73 Å². The zero-order valence-electron chi connectivity index (χ0n) is 9.71. The van der Waals surface area contributed by atoms with Gasteiger partial charge in [0.05, 0.1) is 6.04 Å². The number of aromatic nitrogens is 3. The van der Waals surface area contributed by atoms with Crippen LogP contribution in [0.5, 0.6) is 0 Å².